The zero-order valence-corrected chi connectivity index (χ0v) is 14.3. The fourth-order valence-electron chi connectivity index (χ4n) is 2.03. The summed E-state index contributed by atoms with van der Waals surface area (Å²) >= 11 is 11.9. The maximum Gasteiger partial charge on any atom is 0.264 e. The molecule has 0 bridgehead atoms. The molecule has 0 atom stereocenters. The van der Waals surface area contributed by atoms with Gasteiger partial charge in [0.05, 0.1) is 5.02 Å². The summed E-state index contributed by atoms with van der Waals surface area (Å²) in [6.07, 6.45) is 0.0541. The lowest BCUT2D eigenvalue weighted by Gasteiger charge is -2.22. The number of carbonyl (C=O) groups is 2. The number of carbonyl (C=O) groups excluding carboxylic acids is 2. The zero-order chi connectivity index (χ0) is 17.5. The molecule has 2 aromatic rings. The number of primary amides is 1. The normalized spacial score (nSPS) is 10.2. The number of anilines is 1. The third kappa shape index (κ3) is 5.15. The largest absolute Gasteiger partial charge is 0.482 e. The monoisotopic (exact) mass is 366 g/mol. The molecular weight excluding hydrogens is 351 g/mol. The number of ether oxygens (including phenoxy) is 1. The zero-order valence-electron chi connectivity index (χ0n) is 12.7. The van der Waals surface area contributed by atoms with Crippen LogP contribution in [-0.4, -0.2) is 25.0 Å². The van der Waals surface area contributed by atoms with Gasteiger partial charge in [-0.25, -0.2) is 0 Å². The number of hydrogen-bond donors (Lipinski definition) is 1. The Morgan fingerprint density at radius 3 is 2.46 bits per heavy atom. The molecule has 2 aromatic carbocycles. The van der Waals surface area contributed by atoms with E-state index in [1.165, 1.54) is 11.0 Å². The lowest BCUT2D eigenvalue weighted by atomic mass is 10.2. The predicted octanol–water partition coefficient (Wildman–Crippen LogP) is 3.28. The molecule has 24 heavy (non-hydrogen) atoms. The Hall–Kier alpha value is -2.24. The number of halogens is 2. The molecule has 0 aliphatic rings. The van der Waals surface area contributed by atoms with Crippen molar-refractivity contribution in [3.8, 4) is 5.75 Å². The Morgan fingerprint density at radius 2 is 1.79 bits per heavy atom. The van der Waals surface area contributed by atoms with Crippen molar-refractivity contribution >= 4 is 40.7 Å². The lowest BCUT2D eigenvalue weighted by molar-refractivity contribution is -0.120. The summed E-state index contributed by atoms with van der Waals surface area (Å²) in [5.74, 6) is -0.485. The molecule has 0 spiro atoms. The van der Waals surface area contributed by atoms with Gasteiger partial charge in [0.1, 0.15) is 5.75 Å². The first-order valence-corrected chi connectivity index (χ1v) is 7.94. The number of benzene rings is 2. The number of nitrogens with two attached hydrogens (primary N) is 1. The average molecular weight is 367 g/mol. The van der Waals surface area contributed by atoms with Crippen LogP contribution in [0.4, 0.5) is 5.69 Å². The fourth-order valence-corrected chi connectivity index (χ4v) is 2.37. The maximum absolute atomic E-state index is 12.5. The third-order valence-electron chi connectivity index (χ3n) is 3.20. The Balaban J connectivity index is 2.09. The van der Waals surface area contributed by atoms with Crippen LogP contribution in [0, 0.1) is 0 Å². The van der Waals surface area contributed by atoms with Crippen molar-refractivity contribution in [2.45, 2.75) is 6.42 Å². The maximum atomic E-state index is 12.5. The van der Waals surface area contributed by atoms with E-state index in [4.69, 9.17) is 33.7 Å². The van der Waals surface area contributed by atoms with Crippen molar-refractivity contribution in [3.05, 3.63) is 58.6 Å². The highest BCUT2D eigenvalue weighted by atomic mass is 35.5. The minimum atomic E-state index is -0.484. The molecule has 2 N–H and O–H groups in total. The van der Waals surface area contributed by atoms with E-state index in [0.29, 0.717) is 21.5 Å². The summed E-state index contributed by atoms with van der Waals surface area (Å²) in [5.41, 5.74) is 5.84. The average Bonchev–Trinajstić information content (AvgIpc) is 2.56. The van der Waals surface area contributed by atoms with Crippen LogP contribution in [0.15, 0.2) is 48.5 Å². The van der Waals surface area contributed by atoms with Gasteiger partial charge in [0, 0.05) is 29.7 Å². The Morgan fingerprint density at radius 1 is 1.08 bits per heavy atom. The molecule has 5 nitrogen and oxygen atoms in total. The SMILES string of the molecule is NC(=O)CCN(C(=O)COc1cc(Cl)ccc1Cl)c1ccccc1. The van der Waals surface area contributed by atoms with Gasteiger partial charge in [-0.3, -0.25) is 9.59 Å². The summed E-state index contributed by atoms with van der Waals surface area (Å²) in [4.78, 5) is 25.0. The molecule has 0 aliphatic carbocycles. The van der Waals surface area contributed by atoms with Crippen molar-refractivity contribution in [1.82, 2.24) is 0 Å². The van der Waals surface area contributed by atoms with E-state index >= 15 is 0 Å². The number of amides is 2. The second kappa shape index (κ2) is 8.57. The molecule has 0 fully saturated rings. The first kappa shape index (κ1) is 18.1. The molecule has 0 unspecified atom stereocenters. The number of hydrogen-bond acceptors (Lipinski definition) is 3. The van der Waals surface area contributed by atoms with Crippen LogP contribution < -0.4 is 15.4 Å². The van der Waals surface area contributed by atoms with E-state index in [2.05, 4.69) is 0 Å². The molecule has 0 radical (unpaired) electrons. The molecule has 2 rings (SSSR count). The van der Waals surface area contributed by atoms with Crippen molar-refractivity contribution < 1.29 is 14.3 Å². The molecule has 0 aromatic heterocycles. The van der Waals surface area contributed by atoms with Crippen LogP contribution in [0.3, 0.4) is 0 Å². The van der Waals surface area contributed by atoms with Gasteiger partial charge in [-0.15, -0.1) is 0 Å². The van der Waals surface area contributed by atoms with Crippen molar-refractivity contribution in [1.29, 1.82) is 0 Å². The third-order valence-corrected chi connectivity index (χ3v) is 3.74. The Kier molecular flexibility index (Phi) is 6.46. The summed E-state index contributed by atoms with van der Waals surface area (Å²) in [6, 6.07) is 13.7. The number of para-hydroxylation sites is 1. The van der Waals surface area contributed by atoms with Gasteiger partial charge in [0.2, 0.25) is 5.91 Å². The number of rotatable bonds is 7. The van der Waals surface area contributed by atoms with Crippen molar-refractivity contribution in [3.63, 3.8) is 0 Å². The predicted molar refractivity (Wildman–Crippen MR) is 94.6 cm³/mol. The van der Waals surface area contributed by atoms with Gasteiger partial charge in [0.25, 0.3) is 5.91 Å². The van der Waals surface area contributed by atoms with E-state index in [0.717, 1.165) is 0 Å². The highest BCUT2D eigenvalue weighted by Crippen LogP contribution is 2.27. The van der Waals surface area contributed by atoms with E-state index in [-0.39, 0.29) is 25.5 Å². The molecule has 0 saturated carbocycles. The molecule has 0 aliphatic heterocycles. The highest BCUT2D eigenvalue weighted by Gasteiger charge is 2.17. The van der Waals surface area contributed by atoms with Gasteiger partial charge in [0.15, 0.2) is 6.61 Å². The van der Waals surface area contributed by atoms with Crippen LogP contribution >= 0.6 is 23.2 Å². The standard InChI is InChI=1S/C17H16Cl2N2O3/c18-12-6-7-14(19)15(10-12)24-11-17(23)21(9-8-16(20)22)13-4-2-1-3-5-13/h1-7,10H,8-9,11H2,(H2,20,22). The fraction of sp³-hybridized carbons (Fsp3) is 0.176. The quantitative estimate of drug-likeness (QED) is 0.816. The Labute approximate surface area is 149 Å². The number of nitrogens with zero attached hydrogens (tertiary/aromatic N) is 1. The molecule has 7 heteroatoms. The van der Waals surface area contributed by atoms with Crippen LogP contribution in [0.1, 0.15) is 6.42 Å². The van der Waals surface area contributed by atoms with Gasteiger partial charge in [-0.05, 0) is 24.3 Å². The molecular formula is C17H16Cl2N2O3. The van der Waals surface area contributed by atoms with E-state index in [1.807, 2.05) is 6.07 Å². The van der Waals surface area contributed by atoms with Gasteiger partial charge >= 0.3 is 0 Å². The second-order valence-corrected chi connectivity index (χ2v) is 5.80. The van der Waals surface area contributed by atoms with Gasteiger partial charge in [-0.1, -0.05) is 41.4 Å². The van der Waals surface area contributed by atoms with Crippen LogP contribution in [0.25, 0.3) is 0 Å². The molecule has 0 saturated heterocycles. The smallest absolute Gasteiger partial charge is 0.264 e. The van der Waals surface area contributed by atoms with E-state index < -0.39 is 5.91 Å². The van der Waals surface area contributed by atoms with Crippen LogP contribution in [0.2, 0.25) is 10.0 Å². The van der Waals surface area contributed by atoms with Gasteiger partial charge in [-0.2, -0.15) is 0 Å². The molecule has 0 heterocycles. The van der Waals surface area contributed by atoms with Crippen LogP contribution in [-0.2, 0) is 9.59 Å². The second-order valence-electron chi connectivity index (χ2n) is 4.96. The van der Waals surface area contributed by atoms with Crippen molar-refractivity contribution in [2.75, 3.05) is 18.1 Å². The first-order valence-electron chi connectivity index (χ1n) is 7.19. The molecule has 126 valence electrons. The van der Waals surface area contributed by atoms with Gasteiger partial charge < -0.3 is 15.4 Å². The minimum Gasteiger partial charge on any atom is -0.482 e. The minimum absolute atomic E-state index is 0.0541. The Bertz CT molecular complexity index is 723. The highest BCUT2D eigenvalue weighted by molar-refractivity contribution is 6.34. The van der Waals surface area contributed by atoms with Crippen molar-refractivity contribution in [2.24, 2.45) is 5.73 Å². The summed E-state index contributed by atoms with van der Waals surface area (Å²) in [5, 5.41) is 0.811. The molecule has 2 amide bonds. The summed E-state index contributed by atoms with van der Waals surface area (Å²) in [6.45, 7) is -0.0709. The van der Waals surface area contributed by atoms with E-state index in [1.54, 1.807) is 36.4 Å². The lowest BCUT2D eigenvalue weighted by Crippen LogP contribution is -2.37. The summed E-state index contributed by atoms with van der Waals surface area (Å²) in [7, 11) is 0. The van der Waals surface area contributed by atoms with Crippen LogP contribution in [0.5, 0.6) is 5.75 Å². The topological polar surface area (TPSA) is 72.6 Å². The first-order chi connectivity index (χ1) is 11.5. The summed E-state index contributed by atoms with van der Waals surface area (Å²) < 4.78 is 5.46. The van der Waals surface area contributed by atoms with E-state index in [9.17, 15) is 9.59 Å².